The molecule has 0 aliphatic carbocycles. The smallest absolute Gasteiger partial charge is 0.335 e. The van der Waals surface area contributed by atoms with Crippen LogP contribution in [-0.4, -0.2) is 40.6 Å². The fraction of sp³-hybridized carbons (Fsp3) is 0.400. The van der Waals surface area contributed by atoms with Gasteiger partial charge >= 0.3 is 5.97 Å². The Labute approximate surface area is 122 Å². The van der Waals surface area contributed by atoms with Crippen molar-refractivity contribution in [1.82, 2.24) is 4.90 Å². The molecular formula is C15H16N2O4. The summed E-state index contributed by atoms with van der Waals surface area (Å²) in [5.41, 5.74) is 0.840. The van der Waals surface area contributed by atoms with Crippen molar-refractivity contribution in [2.45, 2.75) is 32.0 Å². The van der Waals surface area contributed by atoms with Crippen molar-refractivity contribution >= 4 is 11.9 Å². The Balaban J connectivity index is 2.57. The third kappa shape index (κ3) is 2.73. The minimum Gasteiger partial charge on any atom is -0.479 e. The zero-order valence-corrected chi connectivity index (χ0v) is 11.8. The van der Waals surface area contributed by atoms with Crippen LogP contribution in [0.15, 0.2) is 24.3 Å². The third-order valence-corrected chi connectivity index (χ3v) is 3.46. The second kappa shape index (κ2) is 5.94. The van der Waals surface area contributed by atoms with Gasteiger partial charge in [0.15, 0.2) is 6.10 Å². The van der Waals surface area contributed by atoms with E-state index in [1.54, 1.807) is 24.3 Å². The van der Waals surface area contributed by atoms with Crippen LogP contribution in [0.3, 0.4) is 0 Å². The predicted octanol–water partition coefficient (Wildman–Crippen LogP) is 1.32. The van der Waals surface area contributed by atoms with E-state index in [1.807, 2.05) is 19.9 Å². The number of amides is 1. The second-order valence-corrected chi connectivity index (χ2v) is 5.11. The first-order chi connectivity index (χ1) is 9.97. The summed E-state index contributed by atoms with van der Waals surface area (Å²) in [4.78, 5) is 25.1. The molecule has 1 aliphatic heterocycles. The number of nitriles is 1. The van der Waals surface area contributed by atoms with Crippen LogP contribution >= 0.6 is 0 Å². The number of hydrogen-bond donors (Lipinski definition) is 1. The average Bonchev–Trinajstić information content (AvgIpc) is 2.46. The van der Waals surface area contributed by atoms with Crippen molar-refractivity contribution in [3.8, 4) is 6.07 Å². The maximum atomic E-state index is 12.1. The van der Waals surface area contributed by atoms with Crippen LogP contribution in [0.4, 0.5) is 0 Å². The number of nitrogens with zero attached hydrogens (tertiary/aromatic N) is 2. The summed E-state index contributed by atoms with van der Waals surface area (Å²) in [5.74, 6) is -1.42. The van der Waals surface area contributed by atoms with Crippen molar-refractivity contribution in [1.29, 1.82) is 5.26 Å². The molecule has 6 nitrogen and oxygen atoms in total. The summed E-state index contributed by atoms with van der Waals surface area (Å²) in [6.07, 6.45) is -1.18. The molecule has 1 N–H and O–H groups in total. The largest absolute Gasteiger partial charge is 0.479 e. The highest BCUT2D eigenvalue weighted by atomic mass is 16.5. The predicted molar refractivity (Wildman–Crippen MR) is 73.3 cm³/mol. The van der Waals surface area contributed by atoms with Crippen LogP contribution in [-0.2, 0) is 14.3 Å². The monoisotopic (exact) mass is 288 g/mol. The van der Waals surface area contributed by atoms with Crippen LogP contribution in [0, 0.1) is 11.3 Å². The molecule has 1 fully saturated rings. The lowest BCUT2D eigenvalue weighted by Gasteiger charge is -2.42. The lowest BCUT2D eigenvalue weighted by molar-refractivity contribution is -0.175. The van der Waals surface area contributed by atoms with Gasteiger partial charge in [-0.15, -0.1) is 0 Å². The first-order valence-electron chi connectivity index (χ1n) is 6.62. The highest BCUT2D eigenvalue weighted by Crippen LogP contribution is 2.33. The molecule has 0 saturated carbocycles. The van der Waals surface area contributed by atoms with Crippen LogP contribution in [0.1, 0.15) is 31.0 Å². The van der Waals surface area contributed by atoms with Gasteiger partial charge in [0.2, 0.25) is 5.91 Å². The van der Waals surface area contributed by atoms with Crippen molar-refractivity contribution in [2.24, 2.45) is 0 Å². The van der Waals surface area contributed by atoms with Gasteiger partial charge in [0.1, 0.15) is 6.61 Å². The number of carboxylic acids is 1. The van der Waals surface area contributed by atoms with Gasteiger partial charge in [0.25, 0.3) is 0 Å². The molecule has 0 aromatic heterocycles. The van der Waals surface area contributed by atoms with E-state index in [-0.39, 0.29) is 18.6 Å². The van der Waals surface area contributed by atoms with Gasteiger partial charge in [0.05, 0.1) is 17.7 Å². The summed E-state index contributed by atoms with van der Waals surface area (Å²) in [6, 6.07) is 7.72. The maximum absolute atomic E-state index is 12.1. The van der Waals surface area contributed by atoms with Crippen molar-refractivity contribution in [2.75, 3.05) is 6.61 Å². The number of carbonyl (C=O) groups excluding carboxylic acids is 1. The third-order valence-electron chi connectivity index (χ3n) is 3.46. The Kier molecular flexibility index (Phi) is 4.24. The SMILES string of the molecule is CC(C)N1C(=O)COC(C(=O)O)C1c1ccccc1C#N. The van der Waals surface area contributed by atoms with Crippen LogP contribution in [0.5, 0.6) is 0 Å². The number of ether oxygens (including phenoxy) is 1. The molecule has 1 aromatic rings. The molecule has 21 heavy (non-hydrogen) atoms. The van der Waals surface area contributed by atoms with Gasteiger partial charge in [-0.3, -0.25) is 4.79 Å². The minimum absolute atomic E-state index is 0.194. The second-order valence-electron chi connectivity index (χ2n) is 5.11. The van der Waals surface area contributed by atoms with Gasteiger partial charge in [-0.2, -0.15) is 5.26 Å². The molecule has 110 valence electrons. The number of aliphatic carboxylic acids is 1. The molecule has 1 saturated heterocycles. The standard InChI is InChI=1S/C15H16N2O4/c1-9(2)17-12(18)8-21-14(15(19)20)13(17)11-6-4-3-5-10(11)7-16/h3-6,9,13-14H,8H2,1-2H3,(H,19,20). The zero-order chi connectivity index (χ0) is 15.6. The highest BCUT2D eigenvalue weighted by Gasteiger charge is 2.43. The van der Waals surface area contributed by atoms with E-state index in [4.69, 9.17) is 4.74 Å². The Morgan fingerprint density at radius 2 is 2.14 bits per heavy atom. The van der Waals surface area contributed by atoms with Crippen LogP contribution < -0.4 is 0 Å². The van der Waals surface area contributed by atoms with E-state index in [9.17, 15) is 20.0 Å². The first-order valence-corrected chi connectivity index (χ1v) is 6.62. The summed E-state index contributed by atoms with van der Waals surface area (Å²) in [5, 5.41) is 18.6. The molecule has 6 heteroatoms. The van der Waals surface area contributed by atoms with E-state index < -0.39 is 18.1 Å². The molecule has 1 heterocycles. The molecule has 2 atom stereocenters. The number of morpholine rings is 1. The topological polar surface area (TPSA) is 90.6 Å². The number of carbonyl (C=O) groups is 2. The van der Waals surface area contributed by atoms with Crippen molar-refractivity contribution in [3.63, 3.8) is 0 Å². The summed E-state index contributed by atoms with van der Waals surface area (Å²) >= 11 is 0. The van der Waals surface area contributed by atoms with E-state index in [2.05, 4.69) is 0 Å². The maximum Gasteiger partial charge on any atom is 0.335 e. The van der Waals surface area contributed by atoms with Gasteiger partial charge in [-0.1, -0.05) is 18.2 Å². The molecule has 2 unspecified atom stereocenters. The van der Waals surface area contributed by atoms with E-state index in [0.29, 0.717) is 11.1 Å². The van der Waals surface area contributed by atoms with E-state index >= 15 is 0 Å². The van der Waals surface area contributed by atoms with Crippen molar-refractivity contribution in [3.05, 3.63) is 35.4 Å². The Bertz CT molecular complexity index is 606. The van der Waals surface area contributed by atoms with Gasteiger partial charge in [-0.25, -0.2) is 4.79 Å². The van der Waals surface area contributed by atoms with Crippen LogP contribution in [0.25, 0.3) is 0 Å². The zero-order valence-electron chi connectivity index (χ0n) is 11.8. The molecule has 0 bridgehead atoms. The fourth-order valence-corrected chi connectivity index (χ4v) is 2.61. The Morgan fingerprint density at radius 1 is 1.48 bits per heavy atom. The molecule has 0 radical (unpaired) electrons. The van der Waals surface area contributed by atoms with E-state index in [0.717, 1.165) is 0 Å². The molecule has 1 aromatic carbocycles. The minimum atomic E-state index is -1.18. The fourth-order valence-electron chi connectivity index (χ4n) is 2.61. The Hall–Kier alpha value is -2.39. The quantitative estimate of drug-likeness (QED) is 0.905. The number of carboxylic acid groups (broad SMARTS) is 1. The number of rotatable bonds is 3. The first kappa shape index (κ1) is 15.0. The van der Waals surface area contributed by atoms with Crippen molar-refractivity contribution < 1.29 is 19.4 Å². The summed E-state index contributed by atoms with van der Waals surface area (Å²) in [7, 11) is 0. The highest BCUT2D eigenvalue weighted by molar-refractivity contribution is 5.83. The Morgan fingerprint density at radius 3 is 2.71 bits per heavy atom. The average molecular weight is 288 g/mol. The lowest BCUT2D eigenvalue weighted by Crippen LogP contribution is -2.54. The molecule has 0 spiro atoms. The lowest BCUT2D eigenvalue weighted by atomic mass is 9.93. The number of benzene rings is 1. The molecular weight excluding hydrogens is 272 g/mol. The molecule has 1 amide bonds. The normalized spacial score (nSPS) is 22.2. The van der Waals surface area contributed by atoms with Gasteiger partial charge in [-0.05, 0) is 25.5 Å². The van der Waals surface area contributed by atoms with Gasteiger partial charge in [0, 0.05) is 6.04 Å². The molecule has 2 rings (SSSR count). The summed E-state index contributed by atoms with van der Waals surface area (Å²) < 4.78 is 5.20. The molecule has 1 aliphatic rings. The summed E-state index contributed by atoms with van der Waals surface area (Å²) in [6.45, 7) is 3.36. The van der Waals surface area contributed by atoms with Crippen LogP contribution in [0.2, 0.25) is 0 Å². The number of hydrogen-bond acceptors (Lipinski definition) is 4. The van der Waals surface area contributed by atoms with Gasteiger partial charge < -0.3 is 14.7 Å². The van der Waals surface area contributed by atoms with E-state index in [1.165, 1.54) is 4.90 Å².